The maximum absolute atomic E-state index is 12.1. The quantitative estimate of drug-likeness (QED) is 0.277. The first-order valence-corrected chi connectivity index (χ1v) is 11.4. The average molecular weight is 539 g/mol. The molecule has 0 radical (unpaired) electrons. The fraction of sp³-hybridized carbons (Fsp3) is 0.909. The molecule has 1 N–H and O–H groups in total. The first-order chi connectivity index (χ1) is 13.9. The summed E-state index contributed by atoms with van der Waals surface area (Å²) in [6.45, 7) is 10.7. The normalized spacial score (nSPS) is 22.4. The van der Waals surface area contributed by atoms with Gasteiger partial charge in [0.2, 0.25) is 5.91 Å². The van der Waals surface area contributed by atoms with Gasteiger partial charge in [0.25, 0.3) is 0 Å². The maximum atomic E-state index is 12.1. The van der Waals surface area contributed by atoms with Crippen LogP contribution in [0.15, 0.2) is 4.99 Å². The molecule has 0 aliphatic carbocycles. The van der Waals surface area contributed by atoms with Gasteiger partial charge < -0.3 is 24.6 Å². The van der Waals surface area contributed by atoms with Crippen molar-refractivity contribution in [2.24, 2.45) is 16.8 Å². The number of likely N-dealkylation sites (tertiary alicyclic amines) is 1. The van der Waals surface area contributed by atoms with Crippen LogP contribution in [0.3, 0.4) is 0 Å². The van der Waals surface area contributed by atoms with Gasteiger partial charge in [-0.25, -0.2) is 4.99 Å². The number of halogens is 1. The van der Waals surface area contributed by atoms with Gasteiger partial charge in [-0.1, -0.05) is 33.1 Å². The summed E-state index contributed by atoms with van der Waals surface area (Å²) in [5.74, 6) is 1.30. The summed E-state index contributed by atoms with van der Waals surface area (Å²) in [6, 6.07) is 0. The third kappa shape index (κ3) is 8.15. The van der Waals surface area contributed by atoms with Gasteiger partial charge in [-0.05, 0) is 32.1 Å². The Morgan fingerprint density at radius 2 is 2.00 bits per heavy atom. The Morgan fingerprint density at radius 3 is 2.60 bits per heavy atom. The molecule has 7 nitrogen and oxygen atoms in total. The van der Waals surface area contributed by atoms with E-state index in [1.54, 1.807) is 19.0 Å². The van der Waals surface area contributed by atoms with Gasteiger partial charge in [0.05, 0.1) is 13.2 Å². The van der Waals surface area contributed by atoms with E-state index in [1.807, 2.05) is 0 Å². The first kappa shape index (κ1) is 27.4. The molecular weight excluding hydrogens is 495 g/mol. The molecule has 2 aliphatic rings. The standard InChI is InChI=1S/C22H42N4O3.HI/c1-6-8-10-18(7-2)15-23-21(24-16-20(27)25(4)5)26-12-9-11-19(17-26)22(3)28-13-14-29-22;/h18-19H,6-17H2,1-5H3,(H,23,24);1H. The smallest absolute Gasteiger partial charge is 0.243 e. The molecule has 2 aliphatic heterocycles. The van der Waals surface area contributed by atoms with Crippen molar-refractivity contribution in [2.75, 3.05) is 53.5 Å². The Bertz CT molecular complexity index is 538. The molecule has 0 saturated carbocycles. The van der Waals surface area contributed by atoms with E-state index in [9.17, 15) is 4.79 Å². The molecule has 2 heterocycles. The monoisotopic (exact) mass is 538 g/mol. The minimum absolute atomic E-state index is 0. The summed E-state index contributed by atoms with van der Waals surface area (Å²) >= 11 is 0. The molecule has 0 spiro atoms. The number of likely N-dealkylation sites (N-methyl/N-ethyl adjacent to an activating group) is 1. The minimum Gasteiger partial charge on any atom is -0.356 e. The number of carbonyl (C=O) groups is 1. The van der Waals surface area contributed by atoms with Crippen molar-refractivity contribution in [3.8, 4) is 0 Å². The SMILES string of the molecule is CCCCC(CC)CNC(=NCC(=O)N(C)C)N1CCCC(C2(C)OCCO2)C1.I. The molecule has 30 heavy (non-hydrogen) atoms. The summed E-state index contributed by atoms with van der Waals surface area (Å²) in [4.78, 5) is 20.7. The van der Waals surface area contributed by atoms with Crippen molar-refractivity contribution in [1.29, 1.82) is 0 Å². The molecule has 2 atom stereocenters. The number of aliphatic imine (C=N–C) groups is 1. The van der Waals surface area contributed by atoms with E-state index in [2.05, 4.69) is 31.0 Å². The topological polar surface area (TPSA) is 66.4 Å². The van der Waals surface area contributed by atoms with E-state index in [0.29, 0.717) is 25.0 Å². The van der Waals surface area contributed by atoms with Crippen molar-refractivity contribution in [3.63, 3.8) is 0 Å². The van der Waals surface area contributed by atoms with Crippen LogP contribution in [-0.2, 0) is 14.3 Å². The van der Waals surface area contributed by atoms with Crippen LogP contribution >= 0.6 is 24.0 Å². The van der Waals surface area contributed by atoms with E-state index < -0.39 is 5.79 Å². The van der Waals surface area contributed by atoms with E-state index in [-0.39, 0.29) is 36.4 Å². The highest BCUT2D eigenvalue weighted by Crippen LogP contribution is 2.34. The van der Waals surface area contributed by atoms with Crippen molar-refractivity contribution in [2.45, 2.75) is 65.1 Å². The third-order valence-corrected chi connectivity index (χ3v) is 6.28. The lowest BCUT2D eigenvalue weighted by Crippen LogP contribution is -2.52. The highest BCUT2D eigenvalue weighted by molar-refractivity contribution is 14.0. The van der Waals surface area contributed by atoms with Crippen LogP contribution in [0.25, 0.3) is 0 Å². The first-order valence-electron chi connectivity index (χ1n) is 11.4. The van der Waals surface area contributed by atoms with Gasteiger partial charge in [0, 0.05) is 39.6 Å². The predicted octanol–water partition coefficient (Wildman–Crippen LogP) is 3.33. The number of hydrogen-bond acceptors (Lipinski definition) is 4. The average Bonchev–Trinajstić information content (AvgIpc) is 3.17. The van der Waals surface area contributed by atoms with Gasteiger partial charge in [0.1, 0.15) is 6.54 Å². The highest BCUT2D eigenvalue weighted by atomic mass is 127. The van der Waals surface area contributed by atoms with Crippen LogP contribution in [0.1, 0.15) is 59.3 Å². The lowest BCUT2D eigenvalue weighted by Gasteiger charge is -2.41. The van der Waals surface area contributed by atoms with Crippen molar-refractivity contribution in [1.82, 2.24) is 15.1 Å². The van der Waals surface area contributed by atoms with Gasteiger partial charge in [-0.2, -0.15) is 0 Å². The van der Waals surface area contributed by atoms with Gasteiger partial charge >= 0.3 is 0 Å². The molecule has 0 aromatic carbocycles. The van der Waals surface area contributed by atoms with E-state index in [1.165, 1.54) is 19.3 Å². The van der Waals surface area contributed by atoms with Gasteiger partial charge in [-0.3, -0.25) is 4.79 Å². The van der Waals surface area contributed by atoms with Crippen molar-refractivity contribution >= 4 is 35.8 Å². The Kier molecular flexibility index (Phi) is 12.5. The van der Waals surface area contributed by atoms with Crippen molar-refractivity contribution in [3.05, 3.63) is 0 Å². The molecule has 0 aromatic heterocycles. The zero-order chi connectivity index (χ0) is 21.3. The number of rotatable bonds is 9. The fourth-order valence-electron chi connectivity index (χ4n) is 4.09. The molecule has 176 valence electrons. The number of hydrogen-bond donors (Lipinski definition) is 1. The zero-order valence-electron chi connectivity index (χ0n) is 19.6. The summed E-state index contributed by atoms with van der Waals surface area (Å²) in [6.07, 6.45) is 7.02. The lowest BCUT2D eigenvalue weighted by atomic mass is 9.90. The van der Waals surface area contributed by atoms with Crippen LogP contribution < -0.4 is 5.32 Å². The Morgan fingerprint density at radius 1 is 1.30 bits per heavy atom. The molecule has 0 bridgehead atoms. The Hall–Kier alpha value is -0.610. The van der Waals surface area contributed by atoms with Crippen LogP contribution in [0.2, 0.25) is 0 Å². The number of amides is 1. The third-order valence-electron chi connectivity index (χ3n) is 6.28. The Balaban J connectivity index is 0.00000450. The molecule has 0 aromatic rings. The number of nitrogens with one attached hydrogen (secondary N) is 1. The predicted molar refractivity (Wildman–Crippen MR) is 132 cm³/mol. The van der Waals surface area contributed by atoms with E-state index in [4.69, 9.17) is 14.5 Å². The number of piperidine rings is 1. The largest absolute Gasteiger partial charge is 0.356 e. The second kappa shape index (κ2) is 13.7. The second-order valence-electron chi connectivity index (χ2n) is 8.72. The maximum Gasteiger partial charge on any atom is 0.243 e. The summed E-state index contributed by atoms with van der Waals surface area (Å²) in [5.41, 5.74) is 0. The van der Waals surface area contributed by atoms with Crippen LogP contribution in [-0.4, -0.2) is 80.9 Å². The molecule has 2 fully saturated rings. The molecule has 2 saturated heterocycles. The molecule has 8 heteroatoms. The summed E-state index contributed by atoms with van der Waals surface area (Å²) in [5, 5.41) is 3.59. The second-order valence-corrected chi connectivity index (χ2v) is 8.72. The number of carbonyl (C=O) groups excluding carboxylic acids is 1. The Labute approximate surface area is 200 Å². The van der Waals surface area contributed by atoms with Crippen LogP contribution in [0.5, 0.6) is 0 Å². The lowest BCUT2D eigenvalue weighted by molar-refractivity contribution is -0.189. The molecule has 2 rings (SSSR count). The fourth-order valence-corrected chi connectivity index (χ4v) is 4.09. The van der Waals surface area contributed by atoms with Crippen LogP contribution in [0, 0.1) is 11.8 Å². The van der Waals surface area contributed by atoms with Crippen LogP contribution in [0.4, 0.5) is 0 Å². The molecular formula is C22H43IN4O3. The van der Waals surface area contributed by atoms with Gasteiger partial charge in [-0.15, -0.1) is 24.0 Å². The number of nitrogens with zero attached hydrogens (tertiary/aromatic N) is 3. The number of unbranched alkanes of at least 4 members (excludes halogenated alkanes) is 1. The van der Waals surface area contributed by atoms with E-state index in [0.717, 1.165) is 44.9 Å². The van der Waals surface area contributed by atoms with Crippen molar-refractivity contribution < 1.29 is 14.3 Å². The van der Waals surface area contributed by atoms with Gasteiger partial charge in [0.15, 0.2) is 11.7 Å². The summed E-state index contributed by atoms with van der Waals surface area (Å²) in [7, 11) is 3.55. The van der Waals surface area contributed by atoms with E-state index >= 15 is 0 Å². The number of ether oxygens (including phenoxy) is 2. The molecule has 1 amide bonds. The minimum atomic E-state index is -0.504. The molecule has 2 unspecified atom stereocenters. The summed E-state index contributed by atoms with van der Waals surface area (Å²) < 4.78 is 11.9. The zero-order valence-corrected chi connectivity index (χ0v) is 21.9. The number of guanidine groups is 1. The highest BCUT2D eigenvalue weighted by Gasteiger charge is 2.42.